The maximum atomic E-state index is 12.4. The molecule has 0 radical (unpaired) electrons. The predicted octanol–water partition coefficient (Wildman–Crippen LogP) is 3.41. The summed E-state index contributed by atoms with van der Waals surface area (Å²) in [7, 11) is 0. The molecule has 2 rings (SSSR count). The van der Waals surface area contributed by atoms with Gasteiger partial charge >= 0.3 is 5.97 Å². The fraction of sp³-hybridized carbons (Fsp3) is 0.227. The Balaban J connectivity index is 2.00. The van der Waals surface area contributed by atoms with Crippen LogP contribution in [0.4, 0.5) is 0 Å². The number of rotatable bonds is 8. The largest absolute Gasteiger partial charge is 0.482 e. The average molecular weight is 378 g/mol. The number of nitrogens with one attached hydrogen (secondary N) is 1. The van der Waals surface area contributed by atoms with E-state index in [1.807, 2.05) is 43.3 Å². The molecule has 0 aliphatic heterocycles. The highest BCUT2D eigenvalue weighted by Crippen LogP contribution is 2.16. The van der Waals surface area contributed by atoms with Gasteiger partial charge in [0.05, 0.1) is 12.6 Å². The second-order valence-electron chi connectivity index (χ2n) is 5.94. The molecule has 0 saturated carbocycles. The molecule has 6 heteroatoms. The lowest BCUT2D eigenvalue weighted by Crippen LogP contribution is -2.27. The number of hydrogen-bond acceptors (Lipinski definition) is 5. The van der Waals surface area contributed by atoms with Crippen molar-refractivity contribution in [3.63, 3.8) is 0 Å². The second kappa shape index (κ2) is 10.5. The van der Waals surface area contributed by atoms with Gasteiger partial charge in [-0.25, -0.2) is 4.79 Å². The predicted molar refractivity (Wildman–Crippen MR) is 105 cm³/mol. The van der Waals surface area contributed by atoms with E-state index in [1.54, 1.807) is 31.2 Å². The summed E-state index contributed by atoms with van der Waals surface area (Å²) in [6, 6.07) is 17.9. The molecule has 0 aliphatic carbocycles. The van der Waals surface area contributed by atoms with Crippen LogP contribution in [0.5, 0.6) is 5.75 Å². The van der Waals surface area contributed by atoms with E-state index >= 15 is 0 Å². The molecule has 0 fully saturated rings. The van der Waals surface area contributed by atoms with Crippen LogP contribution in [0.25, 0.3) is 6.08 Å². The Morgan fingerprint density at radius 1 is 1.14 bits per heavy atom. The van der Waals surface area contributed by atoms with Crippen LogP contribution in [-0.4, -0.2) is 25.1 Å². The highest BCUT2D eigenvalue weighted by molar-refractivity contribution is 6.01. The first kappa shape index (κ1) is 20.7. The summed E-state index contributed by atoms with van der Waals surface area (Å²) in [6.45, 7) is 3.71. The number of hydrogen-bond donors (Lipinski definition) is 1. The Hall–Kier alpha value is -3.59. The van der Waals surface area contributed by atoms with Gasteiger partial charge in [0.1, 0.15) is 17.4 Å². The zero-order valence-corrected chi connectivity index (χ0v) is 15.8. The molecule has 144 valence electrons. The molecule has 1 atom stereocenters. The molecule has 0 bridgehead atoms. The molecular formula is C22H22N2O4. The van der Waals surface area contributed by atoms with Gasteiger partial charge in [0, 0.05) is 0 Å². The van der Waals surface area contributed by atoms with E-state index in [4.69, 9.17) is 9.47 Å². The number of amides is 1. The normalized spacial score (nSPS) is 11.8. The van der Waals surface area contributed by atoms with Gasteiger partial charge in [-0.05, 0) is 43.2 Å². The standard InChI is InChI=1S/C22H22N2O4/c1-3-27-21(25)15-28-20-11-9-17(10-12-20)13-19(14-23)22(26)24-16(2)18-7-5-4-6-8-18/h4-13,16H,3,15H2,1-2H3,(H,24,26)/b19-13+/t16-/m0/s1. The molecule has 1 N–H and O–H groups in total. The van der Waals surface area contributed by atoms with Gasteiger partial charge in [-0.2, -0.15) is 5.26 Å². The Morgan fingerprint density at radius 3 is 2.43 bits per heavy atom. The van der Waals surface area contributed by atoms with Crippen LogP contribution in [-0.2, 0) is 14.3 Å². The minimum absolute atomic E-state index is 0.00275. The van der Waals surface area contributed by atoms with E-state index in [0.29, 0.717) is 17.9 Å². The van der Waals surface area contributed by atoms with E-state index < -0.39 is 11.9 Å². The molecule has 6 nitrogen and oxygen atoms in total. The van der Waals surface area contributed by atoms with E-state index in [2.05, 4.69) is 5.32 Å². The summed E-state index contributed by atoms with van der Waals surface area (Å²) in [6.07, 6.45) is 1.50. The maximum absolute atomic E-state index is 12.4. The summed E-state index contributed by atoms with van der Waals surface area (Å²) in [4.78, 5) is 23.7. The van der Waals surface area contributed by atoms with Gasteiger partial charge in [0.15, 0.2) is 6.61 Å². The number of carbonyl (C=O) groups excluding carboxylic acids is 2. The maximum Gasteiger partial charge on any atom is 0.344 e. The molecule has 0 unspecified atom stereocenters. The minimum atomic E-state index is -0.443. The highest BCUT2D eigenvalue weighted by Gasteiger charge is 2.13. The molecule has 0 saturated heterocycles. The van der Waals surface area contributed by atoms with Gasteiger partial charge < -0.3 is 14.8 Å². The number of nitrogens with zero attached hydrogens (tertiary/aromatic N) is 1. The van der Waals surface area contributed by atoms with Gasteiger partial charge in [0.25, 0.3) is 5.91 Å². The summed E-state index contributed by atoms with van der Waals surface area (Å²) in [5.41, 5.74) is 1.63. The third-order valence-corrected chi connectivity index (χ3v) is 3.87. The summed E-state index contributed by atoms with van der Waals surface area (Å²) in [5, 5.41) is 12.2. The van der Waals surface area contributed by atoms with E-state index in [0.717, 1.165) is 5.56 Å². The fourth-order valence-corrected chi connectivity index (χ4v) is 2.42. The van der Waals surface area contributed by atoms with Crippen LogP contribution in [0.1, 0.15) is 31.0 Å². The average Bonchev–Trinajstić information content (AvgIpc) is 2.72. The van der Waals surface area contributed by atoms with Gasteiger partial charge in [-0.3, -0.25) is 4.79 Å². The number of carbonyl (C=O) groups is 2. The van der Waals surface area contributed by atoms with Crippen molar-refractivity contribution < 1.29 is 19.1 Å². The number of esters is 1. The van der Waals surface area contributed by atoms with Gasteiger partial charge in [0.2, 0.25) is 0 Å². The summed E-state index contributed by atoms with van der Waals surface area (Å²) in [5.74, 6) is -0.394. The zero-order valence-electron chi connectivity index (χ0n) is 15.8. The van der Waals surface area contributed by atoms with Crippen molar-refractivity contribution >= 4 is 18.0 Å². The fourth-order valence-electron chi connectivity index (χ4n) is 2.42. The Kier molecular flexibility index (Phi) is 7.79. The molecule has 1 amide bonds. The van der Waals surface area contributed by atoms with Crippen molar-refractivity contribution in [2.75, 3.05) is 13.2 Å². The van der Waals surface area contributed by atoms with Crippen molar-refractivity contribution in [1.82, 2.24) is 5.32 Å². The number of nitriles is 1. The molecule has 0 aliphatic rings. The van der Waals surface area contributed by atoms with Crippen molar-refractivity contribution in [3.05, 3.63) is 71.3 Å². The topological polar surface area (TPSA) is 88.4 Å². The van der Waals surface area contributed by atoms with E-state index in [1.165, 1.54) is 6.08 Å². The first-order valence-electron chi connectivity index (χ1n) is 8.89. The summed E-state index contributed by atoms with van der Waals surface area (Å²) >= 11 is 0. The Morgan fingerprint density at radius 2 is 1.82 bits per heavy atom. The van der Waals surface area contributed by atoms with E-state index in [9.17, 15) is 14.9 Å². The highest BCUT2D eigenvalue weighted by atomic mass is 16.6. The molecule has 2 aromatic rings. The minimum Gasteiger partial charge on any atom is -0.482 e. The van der Waals surface area contributed by atoms with Crippen molar-refractivity contribution in [2.24, 2.45) is 0 Å². The SMILES string of the molecule is CCOC(=O)COc1ccc(/C=C(\C#N)C(=O)N[C@@H](C)c2ccccc2)cc1. The van der Waals surface area contributed by atoms with Crippen molar-refractivity contribution in [2.45, 2.75) is 19.9 Å². The molecule has 0 heterocycles. The smallest absolute Gasteiger partial charge is 0.344 e. The quantitative estimate of drug-likeness (QED) is 0.432. The van der Waals surface area contributed by atoms with Crippen LogP contribution >= 0.6 is 0 Å². The number of ether oxygens (including phenoxy) is 2. The van der Waals surface area contributed by atoms with Crippen LogP contribution in [0.15, 0.2) is 60.2 Å². The van der Waals surface area contributed by atoms with Crippen LogP contribution in [0.3, 0.4) is 0 Å². The first-order chi connectivity index (χ1) is 13.5. The lowest BCUT2D eigenvalue weighted by Gasteiger charge is -2.13. The van der Waals surface area contributed by atoms with Crippen molar-refractivity contribution in [3.8, 4) is 11.8 Å². The first-order valence-corrected chi connectivity index (χ1v) is 8.89. The molecule has 2 aromatic carbocycles. The number of benzene rings is 2. The summed E-state index contributed by atoms with van der Waals surface area (Å²) < 4.78 is 10.1. The van der Waals surface area contributed by atoms with Crippen LogP contribution in [0, 0.1) is 11.3 Å². The third kappa shape index (κ3) is 6.29. The monoisotopic (exact) mass is 378 g/mol. The Bertz CT molecular complexity index is 868. The lowest BCUT2D eigenvalue weighted by atomic mass is 10.1. The van der Waals surface area contributed by atoms with Gasteiger partial charge in [-0.15, -0.1) is 0 Å². The van der Waals surface area contributed by atoms with Crippen molar-refractivity contribution in [1.29, 1.82) is 5.26 Å². The van der Waals surface area contributed by atoms with Crippen LogP contribution in [0.2, 0.25) is 0 Å². The Labute approximate surface area is 164 Å². The molecular weight excluding hydrogens is 356 g/mol. The zero-order chi connectivity index (χ0) is 20.4. The molecule has 0 aromatic heterocycles. The van der Waals surface area contributed by atoms with Crippen LogP contribution < -0.4 is 10.1 Å². The molecule has 0 spiro atoms. The van der Waals surface area contributed by atoms with E-state index in [-0.39, 0.29) is 18.2 Å². The van der Waals surface area contributed by atoms with Gasteiger partial charge in [-0.1, -0.05) is 42.5 Å². The third-order valence-electron chi connectivity index (χ3n) is 3.87. The molecule has 28 heavy (non-hydrogen) atoms. The lowest BCUT2D eigenvalue weighted by molar-refractivity contribution is -0.145. The second-order valence-corrected chi connectivity index (χ2v) is 5.94.